The number of rotatable bonds is 1. The van der Waals surface area contributed by atoms with Crippen molar-refractivity contribution in [2.45, 2.75) is 45.4 Å². The number of para-hydroxylation sites is 1. The van der Waals surface area contributed by atoms with Crippen LogP contribution >= 0.6 is 0 Å². The fourth-order valence-corrected chi connectivity index (χ4v) is 4.32. The van der Waals surface area contributed by atoms with E-state index in [0.717, 1.165) is 34.5 Å². The van der Waals surface area contributed by atoms with Crippen LogP contribution in [0.1, 0.15) is 49.2 Å². The summed E-state index contributed by atoms with van der Waals surface area (Å²) in [5.74, 6) is 0.882. The highest BCUT2D eigenvalue weighted by atomic mass is 16.6. The van der Waals surface area contributed by atoms with Gasteiger partial charge in [-0.25, -0.2) is 4.79 Å². The van der Waals surface area contributed by atoms with Crippen molar-refractivity contribution in [3.8, 4) is 5.75 Å². The molecule has 0 spiro atoms. The van der Waals surface area contributed by atoms with Crippen LogP contribution in [0, 0.1) is 0 Å². The predicted octanol–water partition coefficient (Wildman–Crippen LogP) is 4.30. The summed E-state index contributed by atoms with van der Waals surface area (Å²) in [6, 6.07) is 13.0. The zero-order valence-electron chi connectivity index (χ0n) is 17.3. The SMILES string of the molecule is CC(C)(C)OC(=O)N1Cc2c([nH]c3ccccc3c2=O)[C@H]1c1ccc2c(c1)CCO2. The molecule has 5 rings (SSSR count). The monoisotopic (exact) mass is 404 g/mol. The highest BCUT2D eigenvalue weighted by Crippen LogP contribution is 2.40. The molecule has 0 saturated carbocycles. The number of pyridine rings is 1. The van der Waals surface area contributed by atoms with Gasteiger partial charge in [0.25, 0.3) is 0 Å². The topological polar surface area (TPSA) is 71.6 Å². The zero-order valence-corrected chi connectivity index (χ0v) is 17.3. The lowest BCUT2D eigenvalue weighted by atomic mass is 9.98. The molecule has 2 aromatic carbocycles. The average molecular weight is 404 g/mol. The highest BCUT2D eigenvalue weighted by molar-refractivity contribution is 5.81. The van der Waals surface area contributed by atoms with Crippen molar-refractivity contribution in [3.05, 3.63) is 75.1 Å². The predicted molar refractivity (Wildman–Crippen MR) is 114 cm³/mol. The maximum atomic E-state index is 13.2. The van der Waals surface area contributed by atoms with Crippen molar-refractivity contribution < 1.29 is 14.3 Å². The van der Waals surface area contributed by atoms with Crippen LogP contribution in [0.2, 0.25) is 0 Å². The molecule has 1 N–H and O–H groups in total. The lowest BCUT2D eigenvalue weighted by Crippen LogP contribution is -2.36. The molecule has 6 nitrogen and oxygen atoms in total. The molecule has 0 aliphatic carbocycles. The number of hydrogen-bond donors (Lipinski definition) is 1. The standard InChI is InChI=1S/C24H24N2O4/c1-24(2,3)30-23(28)26-13-17-20(25-18-7-5-4-6-16(18)22(17)27)21(26)15-8-9-19-14(12-15)10-11-29-19/h4-9,12,21H,10-11,13H2,1-3H3,(H,25,27)/t21-/m1/s1. The molecule has 2 aliphatic heterocycles. The van der Waals surface area contributed by atoms with Gasteiger partial charge in [0.05, 0.1) is 18.8 Å². The third kappa shape index (κ3) is 3.03. The number of aromatic nitrogens is 1. The molecular formula is C24H24N2O4. The average Bonchev–Trinajstić information content (AvgIpc) is 3.31. The Morgan fingerprint density at radius 3 is 2.80 bits per heavy atom. The minimum atomic E-state index is -0.628. The van der Waals surface area contributed by atoms with Gasteiger partial charge in [0, 0.05) is 22.9 Å². The first kappa shape index (κ1) is 18.7. The highest BCUT2D eigenvalue weighted by Gasteiger charge is 2.40. The number of nitrogens with one attached hydrogen (secondary N) is 1. The van der Waals surface area contributed by atoms with E-state index >= 15 is 0 Å². The lowest BCUT2D eigenvalue weighted by Gasteiger charge is -2.29. The Morgan fingerprint density at radius 1 is 1.20 bits per heavy atom. The number of fused-ring (bicyclic) bond motifs is 3. The van der Waals surface area contributed by atoms with Gasteiger partial charge in [0.2, 0.25) is 0 Å². The molecule has 1 amide bonds. The van der Waals surface area contributed by atoms with E-state index in [1.54, 1.807) is 4.90 Å². The molecule has 3 heterocycles. The van der Waals surface area contributed by atoms with E-state index in [2.05, 4.69) is 11.1 Å². The Labute approximate surface area is 174 Å². The van der Waals surface area contributed by atoms with Gasteiger partial charge in [-0.3, -0.25) is 9.69 Å². The summed E-state index contributed by atoms with van der Waals surface area (Å²) >= 11 is 0. The molecular weight excluding hydrogens is 380 g/mol. The normalized spacial score (nSPS) is 17.6. The number of nitrogens with zero attached hydrogens (tertiary/aromatic N) is 1. The zero-order chi connectivity index (χ0) is 21.0. The van der Waals surface area contributed by atoms with E-state index < -0.39 is 17.7 Å². The van der Waals surface area contributed by atoms with Crippen molar-refractivity contribution in [3.63, 3.8) is 0 Å². The number of carbonyl (C=O) groups excluding carboxylic acids is 1. The lowest BCUT2D eigenvalue weighted by molar-refractivity contribution is 0.0201. The van der Waals surface area contributed by atoms with Crippen LogP contribution in [0.15, 0.2) is 47.3 Å². The first-order valence-electron chi connectivity index (χ1n) is 10.2. The Hall–Kier alpha value is -3.28. The van der Waals surface area contributed by atoms with Gasteiger partial charge in [-0.05, 0) is 56.2 Å². The van der Waals surface area contributed by atoms with Crippen LogP contribution in [0.5, 0.6) is 5.75 Å². The molecule has 3 aromatic rings. The second-order valence-corrected chi connectivity index (χ2v) is 8.87. The molecule has 0 unspecified atom stereocenters. The number of benzene rings is 2. The number of amides is 1. The maximum Gasteiger partial charge on any atom is 0.411 e. The number of H-pyrrole nitrogens is 1. The van der Waals surface area contributed by atoms with Crippen molar-refractivity contribution in [2.75, 3.05) is 6.61 Å². The van der Waals surface area contributed by atoms with E-state index in [4.69, 9.17) is 9.47 Å². The van der Waals surface area contributed by atoms with E-state index in [1.165, 1.54) is 0 Å². The van der Waals surface area contributed by atoms with Crippen LogP contribution in [0.4, 0.5) is 4.79 Å². The number of ether oxygens (including phenoxy) is 2. The van der Waals surface area contributed by atoms with Gasteiger partial charge in [-0.1, -0.05) is 18.2 Å². The van der Waals surface area contributed by atoms with Crippen LogP contribution < -0.4 is 10.2 Å². The summed E-state index contributed by atoms with van der Waals surface area (Å²) in [6.07, 6.45) is 0.404. The molecule has 154 valence electrons. The molecule has 30 heavy (non-hydrogen) atoms. The van der Waals surface area contributed by atoms with E-state index in [1.807, 2.05) is 57.2 Å². The Balaban J connectivity index is 1.68. The van der Waals surface area contributed by atoms with E-state index in [0.29, 0.717) is 17.6 Å². The van der Waals surface area contributed by atoms with Crippen LogP contribution in [-0.4, -0.2) is 28.2 Å². The van der Waals surface area contributed by atoms with Crippen molar-refractivity contribution in [2.24, 2.45) is 0 Å². The van der Waals surface area contributed by atoms with Gasteiger partial charge >= 0.3 is 6.09 Å². The molecule has 0 saturated heterocycles. The minimum Gasteiger partial charge on any atom is -0.493 e. The largest absolute Gasteiger partial charge is 0.493 e. The van der Waals surface area contributed by atoms with Gasteiger partial charge < -0.3 is 14.5 Å². The Bertz CT molecular complexity index is 1220. The van der Waals surface area contributed by atoms with E-state index in [9.17, 15) is 9.59 Å². The summed E-state index contributed by atoms with van der Waals surface area (Å²) in [4.78, 5) is 31.4. The molecule has 0 bridgehead atoms. The molecule has 0 radical (unpaired) electrons. The third-order valence-corrected chi connectivity index (χ3v) is 5.61. The molecule has 6 heteroatoms. The third-order valence-electron chi connectivity index (χ3n) is 5.61. The molecule has 0 fully saturated rings. The minimum absolute atomic E-state index is 0.0418. The van der Waals surface area contributed by atoms with Gasteiger partial charge in [-0.15, -0.1) is 0 Å². The smallest absolute Gasteiger partial charge is 0.411 e. The number of hydrogen-bond acceptors (Lipinski definition) is 4. The quantitative estimate of drug-likeness (QED) is 0.656. The summed E-state index contributed by atoms with van der Waals surface area (Å²) in [5.41, 5.74) is 3.52. The van der Waals surface area contributed by atoms with Gasteiger partial charge in [0.15, 0.2) is 5.43 Å². The maximum absolute atomic E-state index is 13.2. The molecule has 2 aliphatic rings. The number of aromatic amines is 1. The van der Waals surface area contributed by atoms with Gasteiger partial charge in [-0.2, -0.15) is 0 Å². The van der Waals surface area contributed by atoms with Crippen molar-refractivity contribution in [1.29, 1.82) is 0 Å². The first-order valence-corrected chi connectivity index (χ1v) is 10.2. The van der Waals surface area contributed by atoms with Crippen LogP contribution in [0.3, 0.4) is 0 Å². The van der Waals surface area contributed by atoms with Crippen molar-refractivity contribution in [1.82, 2.24) is 9.88 Å². The second kappa shape index (κ2) is 6.62. The Kier molecular flexibility index (Phi) is 4.13. The van der Waals surface area contributed by atoms with Gasteiger partial charge in [0.1, 0.15) is 17.4 Å². The fraction of sp³-hybridized carbons (Fsp3) is 0.333. The first-order chi connectivity index (χ1) is 14.3. The fourth-order valence-electron chi connectivity index (χ4n) is 4.32. The van der Waals surface area contributed by atoms with E-state index in [-0.39, 0.29) is 12.0 Å². The molecule has 1 aromatic heterocycles. The summed E-state index contributed by atoms with van der Waals surface area (Å²) in [5, 5.41) is 0.628. The number of carbonyl (C=O) groups is 1. The van der Waals surface area contributed by atoms with Crippen LogP contribution in [-0.2, 0) is 17.7 Å². The second-order valence-electron chi connectivity index (χ2n) is 8.87. The summed E-state index contributed by atoms with van der Waals surface area (Å²) in [7, 11) is 0. The molecule has 1 atom stereocenters. The Morgan fingerprint density at radius 2 is 2.00 bits per heavy atom. The van der Waals surface area contributed by atoms with Crippen molar-refractivity contribution >= 4 is 17.0 Å². The summed E-state index contributed by atoms with van der Waals surface area (Å²) < 4.78 is 11.3. The van der Waals surface area contributed by atoms with Crippen LogP contribution in [0.25, 0.3) is 10.9 Å². The summed E-state index contributed by atoms with van der Waals surface area (Å²) in [6.45, 7) is 6.40.